The van der Waals surface area contributed by atoms with E-state index in [-0.39, 0.29) is 43.3 Å². The molecule has 6 heterocycles. The number of aliphatic hydroxyl groups excluding tert-OH is 13. The maximum absolute atomic E-state index is 12.2. The summed E-state index contributed by atoms with van der Waals surface area (Å²) in [5, 5.41) is 142. The lowest BCUT2D eigenvalue weighted by molar-refractivity contribution is -0.382. The molecule has 0 aromatic heterocycles. The van der Waals surface area contributed by atoms with Crippen molar-refractivity contribution >= 4 is 0 Å². The van der Waals surface area contributed by atoms with Gasteiger partial charge in [-0.1, -0.05) is 32.1 Å². The Morgan fingerprint density at radius 1 is 0.681 bits per heavy atom. The average Bonchev–Trinajstić information content (AvgIpc) is 3.83. The lowest BCUT2D eigenvalue weighted by Crippen LogP contribution is -2.65. The summed E-state index contributed by atoms with van der Waals surface area (Å²) in [6.45, 7) is 10.1. The molecule has 1 spiro atoms. The van der Waals surface area contributed by atoms with Crippen LogP contribution < -0.4 is 0 Å². The van der Waals surface area contributed by atoms with Crippen LogP contribution in [0.15, 0.2) is 23.8 Å². The van der Waals surface area contributed by atoms with Crippen LogP contribution in [-0.2, 0) is 47.4 Å². The van der Waals surface area contributed by atoms with Gasteiger partial charge in [-0.3, -0.25) is 0 Å². The van der Waals surface area contributed by atoms with Gasteiger partial charge in [0.05, 0.1) is 56.9 Å². The molecule has 72 heavy (non-hydrogen) atoms. The van der Waals surface area contributed by atoms with E-state index in [1.165, 1.54) is 13.8 Å². The Labute approximate surface area is 416 Å². The number of aliphatic hydroxyl groups is 13. The number of hydrogen-bond acceptors (Lipinski definition) is 23. The zero-order chi connectivity index (χ0) is 51.7. The minimum absolute atomic E-state index is 0.0236. The second-order valence-electron chi connectivity index (χ2n) is 22.8. The molecule has 23 nitrogen and oxygen atoms in total. The summed E-state index contributed by atoms with van der Waals surface area (Å²) in [7, 11) is 0. The van der Waals surface area contributed by atoms with Crippen molar-refractivity contribution < 1.29 is 114 Å². The fourth-order valence-electron chi connectivity index (χ4n) is 14.9. The molecule has 9 fully saturated rings. The van der Waals surface area contributed by atoms with Crippen molar-refractivity contribution in [2.45, 2.75) is 213 Å². The van der Waals surface area contributed by atoms with Crippen molar-refractivity contribution in [3.05, 3.63) is 23.8 Å². The normalized spacial score (nSPS) is 57.8. The highest BCUT2D eigenvalue weighted by Gasteiger charge is 2.73. The molecule has 13 N–H and O–H groups in total. The Morgan fingerprint density at radius 3 is 1.96 bits per heavy atom. The Kier molecular flexibility index (Phi) is 15.1. The highest BCUT2D eigenvalue weighted by Crippen LogP contribution is 2.71. The van der Waals surface area contributed by atoms with Crippen LogP contribution >= 0.6 is 0 Å². The van der Waals surface area contributed by atoms with E-state index in [2.05, 4.69) is 26.5 Å². The first kappa shape index (κ1) is 53.9. The highest BCUT2D eigenvalue weighted by molar-refractivity contribution is 5.29. The fourth-order valence-corrected chi connectivity index (χ4v) is 14.9. The summed E-state index contributed by atoms with van der Waals surface area (Å²) >= 11 is 0. The smallest absolute Gasteiger partial charge is 0.203 e. The van der Waals surface area contributed by atoms with Crippen molar-refractivity contribution in [3.63, 3.8) is 0 Å². The first-order valence-corrected chi connectivity index (χ1v) is 25.7. The van der Waals surface area contributed by atoms with E-state index in [9.17, 15) is 66.4 Å². The van der Waals surface area contributed by atoms with Crippen molar-refractivity contribution in [2.75, 3.05) is 26.4 Å². The van der Waals surface area contributed by atoms with Crippen molar-refractivity contribution in [1.29, 1.82) is 0 Å². The minimum Gasteiger partial charge on any atom is -0.396 e. The zero-order valence-corrected chi connectivity index (χ0v) is 40.9. The van der Waals surface area contributed by atoms with Gasteiger partial charge in [0.15, 0.2) is 25.2 Å². The zero-order valence-electron chi connectivity index (χ0n) is 40.9. The maximum atomic E-state index is 12.2. The van der Waals surface area contributed by atoms with Gasteiger partial charge in [-0.2, -0.15) is 0 Å². The third kappa shape index (κ3) is 8.62. The minimum atomic E-state index is -1.79. The number of rotatable bonds is 9. The molecule has 0 radical (unpaired) electrons. The number of fused-ring (bicyclic) bond motifs is 7. The number of hydrogen-bond donors (Lipinski definition) is 13. The quantitative estimate of drug-likeness (QED) is 0.0984. The van der Waals surface area contributed by atoms with Crippen LogP contribution in [-0.4, -0.2) is 240 Å². The van der Waals surface area contributed by atoms with Gasteiger partial charge in [-0.25, -0.2) is 0 Å². The van der Waals surface area contributed by atoms with Crippen molar-refractivity contribution in [1.82, 2.24) is 0 Å². The Bertz CT molecular complexity index is 1980. The van der Waals surface area contributed by atoms with Gasteiger partial charge in [0.25, 0.3) is 0 Å². The van der Waals surface area contributed by atoms with Crippen molar-refractivity contribution in [3.8, 4) is 0 Å². The van der Waals surface area contributed by atoms with Gasteiger partial charge < -0.3 is 114 Å². The lowest BCUT2D eigenvalue weighted by Gasteiger charge is -2.61. The van der Waals surface area contributed by atoms with E-state index in [4.69, 9.17) is 47.4 Å². The predicted molar refractivity (Wildman–Crippen MR) is 239 cm³/mol. The van der Waals surface area contributed by atoms with Gasteiger partial charge >= 0.3 is 0 Å². The predicted octanol–water partition coefficient (Wildman–Crippen LogP) is -3.85. The highest BCUT2D eigenvalue weighted by atomic mass is 16.8. The molecule has 5 unspecified atom stereocenters. The third-order valence-electron chi connectivity index (χ3n) is 18.9. The van der Waals surface area contributed by atoms with E-state index < -0.39 is 177 Å². The molecule has 31 atom stereocenters. The molecule has 410 valence electrons. The summed E-state index contributed by atoms with van der Waals surface area (Å²) in [6.07, 6.45) is -26.2. The molecule has 0 aromatic carbocycles. The van der Waals surface area contributed by atoms with Gasteiger partial charge in [0, 0.05) is 23.7 Å². The summed E-state index contributed by atoms with van der Waals surface area (Å²) in [5.74, 6) is -2.66. The summed E-state index contributed by atoms with van der Waals surface area (Å²) < 4.78 is 62.1. The summed E-state index contributed by atoms with van der Waals surface area (Å²) in [5.41, 5.74) is 0.168. The van der Waals surface area contributed by atoms with Crippen LogP contribution in [0, 0.1) is 40.4 Å². The topological polar surface area (TPSA) is 355 Å². The summed E-state index contributed by atoms with van der Waals surface area (Å²) in [4.78, 5) is 0. The second kappa shape index (κ2) is 20.1. The molecular formula is C49H76O23. The van der Waals surface area contributed by atoms with Gasteiger partial charge in [0.2, 0.25) is 5.79 Å². The Hall–Kier alpha value is -1.44. The van der Waals surface area contributed by atoms with Crippen LogP contribution in [0.25, 0.3) is 0 Å². The molecule has 0 amide bonds. The van der Waals surface area contributed by atoms with Crippen LogP contribution in [0.4, 0.5) is 0 Å². The molecule has 3 saturated carbocycles. The van der Waals surface area contributed by atoms with Crippen LogP contribution in [0.1, 0.15) is 66.2 Å². The molecule has 6 aliphatic heterocycles. The monoisotopic (exact) mass is 1030 g/mol. The molecular weight excluding hydrogens is 957 g/mol. The molecule has 23 heteroatoms. The van der Waals surface area contributed by atoms with E-state index >= 15 is 0 Å². The van der Waals surface area contributed by atoms with Crippen LogP contribution in [0.2, 0.25) is 0 Å². The van der Waals surface area contributed by atoms with E-state index in [0.29, 0.717) is 37.7 Å². The van der Waals surface area contributed by atoms with E-state index in [1.807, 2.05) is 0 Å². The van der Waals surface area contributed by atoms with Gasteiger partial charge in [0.1, 0.15) is 85.5 Å². The molecule has 0 aromatic rings. The Morgan fingerprint density at radius 2 is 1.29 bits per heavy atom. The van der Waals surface area contributed by atoms with Gasteiger partial charge in [-0.15, -0.1) is 0 Å². The first-order chi connectivity index (χ1) is 34.0. The Balaban J connectivity index is 0.905. The van der Waals surface area contributed by atoms with Crippen molar-refractivity contribution in [2.24, 2.45) is 40.4 Å². The lowest BCUT2D eigenvalue weighted by atomic mass is 9.46. The standard InChI is InChI=1S/C49H76O23/c1-17-14-65-49(42(62)39(17)69-44-37(60)34(57)31(54)18(2)66-44)25(13-50)30-28(72-49)12-24-22-7-6-20-10-21(51)11-29(48(20,5)23(22)8-9-47(24,30)4)68-46-41(71-45-38(61)35(58)32(55)19(3)67-45)40(27(53)16-64-46)70-43-36(59)33(56)26(52)15-63-43/h6,18-19,21-46,50-62H,1,7-16H2,2-5H3/t18-,19+,21-,22?,23?,24?,25+,26-,27+,28?,29-,30?,31+,32+,33+,34+,35-,36-,37-,38-,39+,40+,41-,42+,43+,44+,45+,46+,47+,48+,49+/m1/s1. The molecule has 10 rings (SSSR count). The molecule has 6 saturated heterocycles. The summed E-state index contributed by atoms with van der Waals surface area (Å²) in [6, 6.07) is 0. The molecule has 0 bridgehead atoms. The SMILES string of the molecule is C=C1CO[C@@]2(OC3CC4C5CC=C6C[C@@H](O)C[C@@H](O[C@@H]7OC[C@H](O)[C@H](O[C@@H]8OC[C@@H](O)[C@H](O)[C@H]8O)[C@H]7O[C@@H]7O[C@@H](C)[C@H](O)[C@@H](O)[C@H]7O)[C@]6(C)C5CC[C@]4(C)C3[C@@H]2CO)[C@@H](O)[C@H]1O[C@@H]1O[C@H](C)[C@H](O)[C@H](O)[C@H]1O. The molecule has 10 aliphatic rings. The van der Waals surface area contributed by atoms with Crippen LogP contribution in [0.5, 0.6) is 0 Å². The maximum Gasteiger partial charge on any atom is 0.203 e. The molecule has 4 aliphatic carbocycles. The van der Waals surface area contributed by atoms with E-state index in [0.717, 1.165) is 5.57 Å². The largest absolute Gasteiger partial charge is 0.396 e. The van der Waals surface area contributed by atoms with Gasteiger partial charge in [-0.05, 0) is 74.7 Å². The second-order valence-corrected chi connectivity index (χ2v) is 22.8. The van der Waals surface area contributed by atoms with Crippen LogP contribution in [0.3, 0.4) is 0 Å². The fraction of sp³-hybridized carbons (Fsp3) is 0.918. The first-order valence-electron chi connectivity index (χ1n) is 25.7. The number of ether oxygens (including phenoxy) is 10. The van der Waals surface area contributed by atoms with E-state index in [1.54, 1.807) is 0 Å². The average molecular weight is 1030 g/mol. The third-order valence-corrected chi connectivity index (χ3v) is 18.9. The number of allylic oxidation sites excluding steroid dienone is 1.